The highest BCUT2D eigenvalue weighted by Crippen LogP contribution is 2.14. The number of carbonyl (C=O) groups is 1. The number of carbonyl (C=O) groups excluding carboxylic acids is 1. The third-order valence-corrected chi connectivity index (χ3v) is 3.16. The van der Waals surface area contributed by atoms with Crippen LogP contribution in [-0.4, -0.2) is 12.5 Å². The molecular formula is C15H24N2O. The van der Waals surface area contributed by atoms with E-state index in [1.54, 1.807) is 0 Å². The normalized spacial score (nSPS) is 12.5. The van der Waals surface area contributed by atoms with Gasteiger partial charge >= 0.3 is 0 Å². The first kappa shape index (κ1) is 14.7. The topological polar surface area (TPSA) is 55.1 Å². The van der Waals surface area contributed by atoms with Crippen LogP contribution in [0.4, 0.5) is 0 Å². The van der Waals surface area contributed by atoms with Gasteiger partial charge in [0.2, 0.25) is 5.91 Å². The Morgan fingerprint density at radius 1 is 1.22 bits per heavy atom. The summed E-state index contributed by atoms with van der Waals surface area (Å²) in [4.78, 5) is 11.7. The molecule has 1 aromatic carbocycles. The van der Waals surface area contributed by atoms with Crippen LogP contribution in [0.2, 0.25) is 0 Å². The van der Waals surface area contributed by atoms with Crippen LogP contribution < -0.4 is 11.1 Å². The van der Waals surface area contributed by atoms with Gasteiger partial charge in [0, 0.05) is 12.5 Å². The van der Waals surface area contributed by atoms with Crippen molar-refractivity contribution in [1.29, 1.82) is 0 Å². The SMILES string of the molecule is CC(CCN)C(=O)NCc1ccc(C(C)C)cc1. The highest BCUT2D eigenvalue weighted by atomic mass is 16.1. The van der Waals surface area contributed by atoms with E-state index in [0.717, 1.165) is 12.0 Å². The molecule has 0 aromatic heterocycles. The molecule has 0 saturated carbocycles. The fourth-order valence-electron chi connectivity index (χ4n) is 1.76. The Hall–Kier alpha value is -1.35. The number of amides is 1. The van der Waals surface area contributed by atoms with Gasteiger partial charge in [0.25, 0.3) is 0 Å². The minimum atomic E-state index is -0.00932. The zero-order valence-corrected chi connectivity index (χ0v) is 11.6. The second-order valence-corrected chi connectivity index (χ2v) is 5.09. The smallest absolute Gasteiger partial charge is 0.223 e. The number of nitrogens with two attached hydrogens (primary N) is 1. The molecule has 18 heavy (non-hydrogen) atoms. The number of benzene rings is 1. The number of hydrogen-bond donors (Lipinski definition) is 2. The van der Waals surface area contributed by atoms with Crippen molar-refractivity contribution in [3.63, 3.8) is 0 Å². The highest BCUT2D eigenvalue weighted by molar-refractivity contribution is 5.78. The van der Waals surface area contributed by atoms with Crippen LogP contribution in [0.3, 0.4) is 0 Å². The Morgan fingerprint density at radius 3 is 2.33 bits per heavy atom. The fourth-order valence-corrected chi connectivity index (χ4v) is 1.76. The number of rotatable bonds is 6. The molecule has 1 rings (SSSR count). The van der Waals surface area contributed by atoms with E-state index in [-0.39, 0.29) is 11.8 Å². The summed E-state index contributed by atoms with van der Waals surface area (Å²) in [6.07, 6.45) is 0.734. The molecule has 3 N–H and O–H groups in total. The molecule has 3 heteroatoms. The minimum Gasteiger partial charge on any atom is -0.352 e. The van der Waals surface area contributed by atoms with Gasteiger partial charge in [-0.3, -0.25) is 4.79 Å². The van der Waals surface area contributed by atoms with E-state index in [9.17, 15) is 4.79 Å². The van der Waals surface area contributed by atoms with Crippen LogP contribution in [0.5, 0.6) is 0 Å². The lowest BCUT2D eigenvalue weighted by Gasteiger charge is -2.12. The summed E-state index contributed by atoms with van der Waals surface area (Å²) >= 11 is 0. The molecule has 100 valence electrons. The highest BCUT2D eigenvalue weighted by Gasteiger charge is 2.10. The molecule has 0 bridgehead atoms. The fraction of sp³-hybridized carbons (Fsp3) is 0.533. The Bertz CT molecular complexity index is 371. The maximum Gasteiger partial charge on any atom is 0.223 e. The standard InChI is InChI=1S/C15H24N2O/c1-11(2)14-6-4-13(5-7-14)10-17-15(18)12(3)8-9-16/h4-7,11-12H,8-10,16H2,1-3H3,(H,17,18). The van der Waals surface area contributed by atoms with Gasteiger partial charge in [-0.2, -0.15) is 0 Å². The Labute approximate surface area is 110 Å². The van der Waals surface area contributed by atoms with Gasteiger partial charge in [0.05, 0.1) is 0 Å². The van der Waals surface area contributed by atoms with Crippen molar-refractivity contribution in [1.82, 2.24) is 5.32 Å². The van der Waals surface area contributed by atoms with Crippen molar-refractivity contribution in [3.8, 4) is 0 Å². The number of hydrogen-bond acceptors (Lipinski definition) is 2. The first-order valence-corrected chi connectivity index (χ1v) is 6.61. The van der Waals surface area contributed by atoms with Crippen LogP contribution in [0, 0.1) is 5.92 Å². The molecule has 0 spiro atoms. The summed E-state index contributed by atoms with van der Waals surface area (Å²) < 4.78 is 0. The molecule has 1 atom stereocenters. The molecule has 0 radical (unpaired) electrons. The van der Waals surface area contributed by atoms with Gasteiger partial charge < -0.3 is 11.1 Å². The van der Waals surface area contributed by atoms with Crippen LogP contribution in [0.1, 0.15) is 44.2 Å². The molecule has 1 aromatic rings. The maximum atomic E-state index is 11.7. The van der Waals surface area contributed by atoms with Gasteiger partial charge in [0.15, 0.2) is 0 Å². The zero-order chi connectivity index (χ0) is 13.5. The predicted octanol–water partition coefficient (Wildman–Crippen LogP) is 2.41. The van der Waals surface area contributed by atoms with E-state index in [0.29, 0.717) is 19.0 Å². The van der Waals surface area contributed by atoms with Crippen LogP contribution >= 0.6 is 0 Å². The zero-order valence-electron chi connectivity index (χ0n) is 11.6. The summed E-state index contributed by atoms with van der Waals surface area (Å²) in [5.41, 5.74) is 7.89. The average molecular weight is 248 g/mol. The van der Waals surface area contributed by atoms with Crippen molar-refractivity contribution in [3.05, 3.63) is 35.4 Å². The van der Waals surface area contributed by atoms with Crippen molar-refractivity contribution in [2.75, 3.05) is 6.54 Å². The summed E-state index contributed by atoms with van der Waals surface area (Å²) in [5, 5.41) is 2.94. The van der Waals surface area contributed by atoms with E-state index >= 15 is 0 Å². The quantitative estimate of drug-likeness (QED) is 0.812. The van der Waals surface area contributed by atoms with E-state index in [4.69, 9.17) is 5.73 Å². The van der Waals surface area contributed by atoms with Gasteiger partial charge in [0.1, 0.15) is 0 Å². The van der Waals surface area contributed by atoms with E-state index in [1.807, 2.05) is 6.92 Å². The molecular weight excluding hydrogens is 224 g/mol. The molecule has 1 unspecified atom stereocenters. The van der Waals surface area contributed by atoms with Crippen LogP contribution in [0.15, 0.2) is 24.3 Å². The molecule has 0 saturated heterocycles. The molecule has 0 aliphatic heterocycles. The molecule has 1 amide bonds. The van der Waals surface area contributed by atoms with Crippen molar-refractivity contribution < 1.29 is 4.79 Å². The van der Waals surface area contributed by atoms with Gasteiger partial charge in [-0.25, -0.2) is 0 Å². The van der Waals surface area contributed by atoms with Crippen molar-refractivity contribution in [2.45, 2.75) is 39.7 Å². The lowest BCUT2D eigenvalue weighted by molar-refractivity contribution is -0.124. The van der Waals surface area contributed by atoms with E-state index < -0.39 is 0 Å². The molecule has 0 aliphatic carbocycles. The summed E-state index contributed by atoms with van der Waals surface area (Å²) in [6, 6.07) is 8.39. The minimum absolute atomic E-state index is 0.00932. The van der Waals surface area contributed by atoms with Crippen molar-refractivity contribution in [2.24, 2.45) is 11.7 Å². The summed E-state index contributed by atoms with van der Waals surface area (Å²) in [7, 11) is 0. The third kappa shape index (κ3) is 4.49. The Morgan fingerprint density at radius 2 is 1.83 bits per heavy atom. The largest absolute Gasteiger partial charge is 0.352 e. The van der Waals surface area contributed by atoms with Crippen LogP contribution in [-0.2, 0) is 11.3 Å². The third-order valence-electron chi connectivity index (χ3n) is 3.16. The van der Waals surface area contributed by atoms with E-state index in [2.05, 4.69) is 43.4 Å². The second-order valence-electron chi connectivity index (χ2n) is 5.09. The lowest BCUT2D eigenvalue weighted by Crippen LogP contribution is -2.29. The molecule has 0 heterocycles. The first-order valence-electron chi connectivity index (χ1n) is 6.61. The monoisotopic (exact) mass is 248 g/mol. The lowest BCUT2D eigenvalue weighted by atomic mass is 10.0. The molecule has 0 aliphatic rings. The Balaban J connectivity index is 2.46. The second kappa shape index (κ2) is 7.17. The average Bonchev–Trinajstić information content (AvgIpc) is 2.36. The van der Waals surface area contributed by atoms with E-state index in [1.165, 1.54) is 5.56 Å². The summed E-state index contributed by atoms with van der Waals surface area (Å²) in [6.45, 7) is 7.39. The Kier molecular flexibility index (Phi) is 5.86. The molecule has 3 nitrogen and oxygen atoms in total. The van der Waals surface area contributed by atoms with Crippen LogP contribution in [0.25, 0.3) is 0 Å². The van der Waals surface area contributed by atoms with Crippen molar-refractivity contribution >= 4 is 5.91 Å². The molecule has 0 fully saturated rings. The van der Waals surface area contributed by atoms with Gasteiger partial charge in [-0.15, -0.1) is 0 Å². The number of nitrogens with one attached hydrogen (secondary N) is 1. The maximum absolute atomic E-state index is 11.7. The predicted molar refractivity (Wildman–Crippen MR) is 75.2 cm³/mol. The van der Waals surface area contributed by atoms with Gasteiger partial charge in [-0.05, 0) is 30.0 Å². The summed E-state index contributed by atoms with van der Waals surface area (Å²) in [5.74, 6) is 0.608. The van der Waals surface area contributed by atoms with Gasteiger partial charge in [-0.1, -0.05) is 45.0 Å². The first-order chi connectivity index (χ1) is 8.54.